The van der Waals surface area contributed by atoms with Crippen molar-refractivity contribution in [2.24, 2.45) is 0 Å². The van der Waals surface area contributed by atoms with Gasteiger partial charge in [0.25, 0.3) is 0 Å². The maximum atomic E-state index is 12.3. The summed E-state index contributed by atoms with van der Waals surface area (Å²) in [5.74, 6) is -0.0368. The first-order valence-corrected chi connectivity index (χ1v) is 7.17. The molecule has 0 saturated carbocycles. The average molecular weight is 282 g/mol. The first-order chi connectivity index (χ1) is 9.97. The minimum absolute atomic E-state index is 0.0368. The molecule has 0 aliphatic carbocycles. The van der Waals surface area contributed by atoms with Crippen molar-refractivity contribution in [2.75, 3.05) is 10.6 Å². The standard InChI is InChI=1S/C18H22N2O/c1-12-7-5-9-16(11-12)19-15(4)18(21)20-17-10-6-8-13(2)14(17)3/h5-11,15,19H,1-4H3,(H,20,21). The van der Waals surface area contributed by atoms with Gasteiger partial charge in [0.15, 0.2) is 0 Å². The number of benzene rings is 2. The monoisotopic (exact) mass is 282 g/mol. The second kappa shape index (κ2) is 6.44. The average Bonchev–Trinajstić information content (AvgIpc) is 2.44. The van der Waals surface area contributed by atoms with E-state index in [9.17, 15) is 4.79 Å². The summed E-state index contributed by atoms with van der Waals surface area (Å²) in [5.41, 5.74) is 5.28. The van der Waals surface area contributed by atoms with E-state index >= 15 is 0 Å². The predicted molar refractivity (Wildman–Crippen MR) is 88.8 cm³/mol. The number of hydrogen-bond acceptors (Lipinski definition) is 2. The van der Waals surface area contributed by atoms with E-state index in [0.717, 1.165) is 16.9 Å². The van der Waals surface area contributed by atoms with Gasteiger partial charge in [-0.3, -0.25) is 4.79 Å². The minimum Gasteiger partial charge on any atom is -0.374 e. The van der Waals surface area contributed by atoms with Crippen molar-refractivity contribution in [3.63, 3.8) is 0 Å². The van der Waals surface area contributed by atoms with E-state index in [-0.39, 0.29) is 11.9 Å². The van der Waals surface area contributed by atoms with E-state index in [1.807, 2.05) is 70.2 Å². The Morgan fingerprint density at radius 1 is 1.05 bits per heavy atom. The van der Waals surface area contributed by atoms with Crippen molar-refractivity contribution in [3.8, 4) is 0 Å². The highest BCUT2D eigenvalue weighted by molar-refractivity contribution is 5.96. The lowest BCUT2D eigenvalue weighted by Gasteiger charge is -2.17. The Labute approximate surface area is 126 Å². The molecule has 0 heterocycles. The zero-order chi connectivity index (χ0) is 15.4. The molecule has 2 aromatic carbocycles. The molecule has 0 aliphatic heterocycles. The molecule has 2 N–H and O–H groups in total. The van der Waals surface area contributed by atoms with E-state index in [1.54, 1.807) is 0 Å². The van der Waals surface area contributed by atoms with E-state index in [4.69, 9.17) is 0 Å². The SMILES string of the molecule is Cc1cccc(NC(C)C(=O)Nc2cccc(C)c2C)c1. The van der Waals surface area contributed by atoms with Gasteiger partial charge in [0.1, 0.15) is 6.04 Å². The number of anilines is 2. The lowest BCUT2D eigenvalue weighted by molar-refractivity contribution is -0.116. The molecular formula is C18H22N2O. The van der Waals surface area contributed by atoms with Gasteiger partial charge in [0.05, 0.1) is 0 Å². The first kappa shape index (κ1) is 15.1. The van der Waals surface area contributed by atoms with Crippen LogP contribution in [0.4, 0.5) is 11.4 Å². The largest absolute Gasteiger partial charge is 0.374 e. The molecule has 0 radical (unpaired) electrons. The molecule has 3 heteroatoms. The molecule has 0 aliphatic rings. The number of nitrogens with one attached hydrogen (secondary N) is 2. The van der Waals surface area contributed by atoms with Crippen molar-refractivity contribution in [1.29, 1.82) is 0 Å². The van der Waals surface area contributed by atoms with Crippen LogP contribution in [-0.4, -0.2) is 11.9 Å². The summed E-state index contributed by atoms with van der Waals surface area (Å²) in [6.45, 7) is 7.96. The summed E-state index contributed by atoms with van der Waals surface area (Å²) in [6, 6.07) is 13.6. The third-order valence-corrected chi connectivity index (χ3v) is 3.66. The smallest absolute Gasteiger partial charge is 0.246 e. The molecule has 21 heavy (non-hydrogen) atoms. The Kier molecular flexibility index (Phi) is 4.63. The molecular weight excluding hydrogens is 260 g/mol. The molecule has 110 valence electrons. The minimum atomic E-state index is -0.299. The normalized spacial score (nSPS) is 11.8. The first-order valence-electron chi connectivity index (χ1n) is 7.17. The molecule has 2 rings (SSSR count). The Balaban J connectivity index is 2.04. The Hall–Kier alpha value is -2.29. The van der Waals surface area contributed by atoms with Gasteiger partial charge in [-0.1, -0.05) is 24.3 Å². The van der Waals surface area contributed by atoms with Crippen LogP contribution in [0.1, 0.15) is 23.6 Å². The van der Waals surface area contributed by atoms with Crippen LogP contribution in [0.15, 0.2) is 42.5 Å². The van der Waals surface area contributed by atoms with Gasteiger partial charge in [-0.2, -0.15) is 0 Å². The number of hydrogen-bond donors (Lipinski definition) is 2. The fourth-order valence-electron chi connectivity index (χ4n) is 2.18. The van der Waals surface area contributed by atoms with Crippen LogP contribution in [-0.2, 0) is 4.79 Å². The van der Waals surface area contributed by atoms with Gasteiger partial charge in [0.2, 0.25) is 5.91 Å². The van der Waals surface area contributed by atoms with Gasteiger partial charge in [0, 0.05) is 11.4 Å². The van der Waals surface area contributed by atoms with Gasteiger partial charge in [-0.25, -0.2) is 0 Å². The van der Waals surface area contributed by atoms with Gasteiger partial charge in [-0.05, 0) is 62.6 Å². The van der Waals surface area contributed by atoms with Crippen molar-refractivity contribution in [1.82, 2.24) is 0 Å². The molecule has 0 spiro atoms. The zero-order valence-electron chi connectivity index (χ0n) is 13.0. The lowest BCUT2D eigenvalue weighted by Crippen LogP contribution is -2.32. The van der Waals surface area contributed by atoms with E-state index in [0.29, 0.717) is 0 Å². The van der Waals surface area contributed by atoms with Crippen LogP contribution in [0.25, 0.3) is 0 Å². The van der Waals surface area contributed by atoms with Crippen LogP contribution in [0, 0.1) is 20.8 Å². The van der Waals surface area contributed by atoms with Crippen LogP contribution in [0.2, 0.25) is 0 Å². The quantitative estimate of drug-likeness (QED) is 0.888. The molecule has 3 nitrogen and oxygen atoms in total. The zero-order valence-corrected chi connectivity index (χ0v) is 13.0. The maximum Gasteiger partial charge on any atom is 0.246 e. The van der Waals surface area contributed by atoms with Crippen LogP contribution in [0.5, 0.6) is 0 Å². The molecule has 1 amide bonds. The van der Waals surface area contributed by atoms with Gasteiger partial charge < -0.3 is 10.6 Å². The van der Waals surface area contributed by atoms with Gasteiger partial charge in [-0.15, -0.1) is 0 Å². The summed E-state index contributed by atoms with van der Waals surface area (Å²) >= 11 is 0. The number of rotatable bonds is 4. The number of aryl methyl sites for hydroxylation is 2. The third kappa shape index (κ3) is 3.85. The molecule has 0 fully saturated rings. The number of carbonyl (C=O) groups excluding carboxylic acids is 1. The molecule has 0 bridgehead atoms. The van der Waals surface area contributed by atoms with Crippen molar-refractivity contribution in [3.05, 3.63) is 59.2 Å². The number of amides is 1. The highest BCUT2D eigenvalue weighted by atomic mass is 16.2. The summed E-state index contributed by atoms with van der Waals surface area (Å²) in [4.78, 5) is 12.3. The molecule has 1 unspecified atom stereocenters. The lowest BCUT2D eigenvalue weighted by atomic mass is 10.1. The van der Waals surface area contributed by atoms with Gasteiger partial charge >= 0.3 is 0 Å². The van der Waals surface area contributed by atoms with Crippen LogP contribution >= 0.6 is 0 Å². The maximum absolute atomic E-state index is 12.3. The van der Waals surface area contributed by atoms with Crippen molar-refractivity contribution < 1.29 is 4.79 Å². The fraction of sp³-hybridized carbons (Fsp3) is 0.278. The predicted octanol–water partition coefficient (Wildman–Crippen LogP) is 4.05. The Bertz CT molecular complexity index is 649. The highest BCUT2D eigenvalue weighted by Crippen LogP contribution is 2.18. The van der Waals surface area contributed by atoms with Crippen LogP contribution in [0.3, 0.4) is 0 Å². The van der Waals surface area contributed by atoms with Crippen molar-refractivity contribution in [2.45, 2.75) is 33.7 Å². The summed E-state index contributed by atoms with van der Waals surface area (Å²) < 4.78 is 0. The highest BCUT2D eigenvalue weighted by Gasteiger charge is 2.14. The second-order valence-corrected chi connectivity index (χ2v) is 5.47. The van der Waals surface area contributed by atoms with Crippen LogP contribution < -0.4 is 10.6 Å². The second-order valence-electron chi connectivity index (χ2n) is 5.47. The van der Waals surface area contributed by atoms with E-state index < -0.39 is 0 Å². The molecule has 0 saturated heterocycles. The molecule has 1 atom stereocenters. The Morgan fingerprint density at radius 2 is 1.76 bits per heavy atom. The third-order valence-electron chi connectivity index (χ3n) is 3.66. The molecule has 2 aromatic rings. The number of carbonyl (C=O) groups is 1. The topological polar surface area (TPSA) is 41.1 Å². The van der Waals surface area contributed by atoms with E-state index in [1.165, 1.54) is 11.1 Å². The van der Waals surface area contributed by atoms with Crippen molar-refractivity contribution >= 4 is 17.3 Å². The summed E-state index contributed by atoms with van der Waals surface area (Å²) in [5, 5.41) is 6.21. The Morgan fingerprint density at radius 3 is 2.48 bits per heavy atom. The fourth-order valence-corrected chi connectivity index (χ4v) is 2.18. The summed E-state index contributed by atoms with van der Waals surface area (Å²) in [6.07, 6.45) is 0. The summed E-state index contributed by atoms with van der Waals surface area (Å²) in [7, 11) is 0. The molecule has 0 aromatic heterocycles. The van der Waals surface area contributed by atoms with E-state index in [2.05, 4.69) is 10.6 Å².